The number of oxime groups is 1. The fourth-order valence-electron chi connectivity index (χ4n) is 1.22. The lowest BCUT2D eigenvalue weighted by Crippen LogP contribution is -2.21. The summed E-state index contributed by atoms with van der Waals surface area (Å²) in [5, 5.41) is 14.0. The maximum atomic E-state index is 11.4. The standard InChI is InChI=1S/C11H15N3O3/c1-7(2)17-11(15)13-9-6-4-3-5-8(9)10(12)14-16/h3-7,16H,1-2H3,(H2,12,14)(H,13,15). The van der Waals surface area contributed by atoms with E-state index in [0.29, 0.717) is 11.3 Å². The highest BCUT2D eigenvalue weighted by Gasteiger charge is 2.11. The highest BCUT2D eigenvalue weighted by molar-refractivity contribution is 6.04. The van der Waals surface area contributed by atoms with E-state index in [1.807, 2.05) is 0 Å². The zero-order chi connectivity index (χ0) is 12.8. The summed E-state index contributed by atoms with van der Waals surface area (Å²) >= 11 is 0. The summed E-state index contributed by atoms with van der Waals surface area (Å²) in [6.45, 7) is 3.49. The second-order valence-electron chi connectivity index (χ2n) is 3.61. The summed E-state index contributed by atoms with van der Waals surface area (Å²) in [7, 11) is 0. The third-order valence-electron chi connectivity index (χ3n) is 1.89. The number of rotatable bonds is 3. The minimum absolute atomic E-state index is 0.0783. The predicted octanol–water partition coefficient (Wildman–Crippen LogP) is 1.74. The van der Waals surface area contributed by atoms with Gasteiger partial charge in [0.15, 0.2) is 5.84 Å². The Balaban J connectivity index is 2.88. The van der Waals surface area contributed by atoms with Crippen molar-refractivity contribution < 1.29 is 14.7 Å². The van der Waals surface area contributed by atoms with Crippen LogP contribution in [0.1, 0.15) is 19.4 Å². The zero-order valence-electron chi connectivity index (χ0n) is 9.68. The van der Waals surface area contributed by atoms with Crippen molar-refractivity contribution in [3.05, 3.63) is 29.8 Å². The number of nitrogens with one attached hydrogen (secondary N) is 1. The molecule has 1 aromatic rings. The first-order valence-corrected chi connectivity index (χ1v) is 5.09. The number of ether oxygens (including phenoxy) is 1. The summed E-state index contributed by atoms with van der Waals surface area (Å²) < 4.78 is 4.93. The highest BCUT2D eigenvalue weighted by Crippen LogP contribution is 2.15. The fourth-order valence-corrected chi connectivity index (χ4v) is 1.22. The van der Waals surface area contributed by atoms with Crippen molar-refractivity contribution in [2.75, 3.05) is 5.32 Å². The summed E-state index contributed by atoms with van der Waals surface area (Å²) in [5.74, 6) is -0.0783. The SMILES string of the molecule is CC(C)OC(=O)Nc1ccccc1C(N)=NO. The van der Waals surface area contributed by atoms with Gasteiger partial charge >= 0.3 is 6.09 Å². The molecule has 0 aliphatic heterocycles. The quantitative estimate of drug-likeness (QED) is 0.323. The van der Waals surface area contributed by atoms with E-state index in [1.54, 1.807) is 38.1 Å². The van der Waals surface area contributed by atoms with Crippen LogP contribution in [0.2, 0.25) is 0 Å². The van der Waals surface area contributed by atoms with Gasteiger partial charge in [-0.1, -0.05) is 17.3 Å². The Morgan fingerprint density at radius 2 is 2.12 bits per heavy atom. The molecule has 0 bridgehead atoms. The van der Waals surface area contributed by atoms with Crippen LogP contribution in [0.25, 0.3) is 0 Å². The monoisotopic (exact) mass is 237 g/mol. The molecule has 0 atom stereocenters. The zero-order valence-corrected chi connectivity index (χ0v) is 9.68. The molecule has 0 saturated carbocycles. The van der Waals surface area contributed by atoms with Gasteiger partial charge < -0.3 is 15.7 Å². The summed E-state index contributed by atoms with van der Waals surface area (Å²) in [6.07, 6.45) is -0.802. The van der Waals surface area contributed by atoms with Crippen molar-refractivity contribution >= 4 is 17.6 Å². The van der Waals surface area contributed by atoms with E-state index in [4.69, 9.17) is 15.7 Å². The van der Waals surface area contributed by atoms with Crippen molar-refractivity contribution in [3.63, 3.8) is 0 Å². The predicted molar refractivity (Wildman–Crippen MR) is 64.2 cm³/mol. The van der Waals surface area contributed by atoms with Gasteiger partial charge in [0.05, 0.1) is 11.8 Å². The molecule has 0 aliphatic rings. The van der Waals surface area contributed by atoms with Crippen molar-refractivity contribution in [1.82, 2.24) is 0 Å². The van der Waals surface area contributed by atoms with Crippen LogP contribution in [0.15, 0.2) is 29.4 Å². The van der Waals surface area contributed by atoms with E-state index in [-0.39, 0.29) is 11.9 Å². The highest BCUT2D eigenvalue weighted by atomic mass is 16.6. The molecule has 0 unspecified atom stereocenters. The van der Waals surface area contributed by atoms with Gasteiger partial charge in [0.1, 0.15) is 0 Å². The Hall–Kier alpha value is -2.24. The number of hydrogen-bond donors (Lipinski definition) is 3. The molecule has 0 fully saturated rings. The lowest BCUT2D eigenvalue weighted by Gasteiger charge is -2.12. The molecule has 0 aliphatic carbocycles. The van der Waals surface area contributed by atoms with Gasteiger partial charge in [0.2, 0.25) is 0 Å². The number of nitrogens with two attached hydrogens (primary N) is 1. The topological polar surface area (TPSA) is 96.9 Å². The van der Waals surface area contributed by atoms with Crippen molar-refractivity contribution in [3.8, 4) is 0 Å². The van der Waals surface area contributed by atoms with Gasteiger partial charge in [-0.15, -0.1) is 0 Å². The van der Waals surface area contributed by atoms with Crippen LogP contribution >= 0.6 is 0 Å². The van der Waals surface area contributed by atoms with Crippen molar-refractivity contribution in [2.24, 2.45) is 10.9 Å². The Morgan fingerprint density at radius 1 is 1.47 bits per heavy atom. The molecular formula is C11H15N3O3. The smallest absolute Gasteiger partial charge is 0.411 e. The minimum Gasteiger partial charge on any atom is -0.447 e. The van der Waals surface area contributed by atoms with Crippen molar-refractivity contribution in [2.45, 2.75) is 20.0 Å². The van der Waals surface area contributed by atoms with Crippen LogP contribution in [0.5, 0.6) is 0 Å². The Kier molecular flexibility index (Phi) is 4.33. The van der Waals surface area contributed by atoms with Crippen LogP contribution in [-0.4, -0.2) is 23.2 Å². The van der Waals surface area contributed by atoms with Crippen LogP contribution in [0.3, 0.4) is 0 Å². The van der Waals surface area contributed by atoms with Crippen LogP contribution in [-0.2, 0) is 4.74 Å². The largest absolute Gasteiger partial charge is 0.447 e. The third-order valence-corrected chi connectivity index (χ3v) is 1.89. The number of amides is 1. The number of anilines is 1. The summed E-state index contributed by atoms with van der Waals surface area (Å²) in [4.78, 5) is 11.4. The van der Waals surface area contributed by atoms with Gasteiger partial charge in [-0.05, 0) is 26.0 Å². The number of nitrogens with zero attached hydrogens (tertiary/aromatic N) is 1. The minimum atomic E-state index is -0.585. The van der Waals surface area contributed by atoms with E-state index in [0.717, 1.165) is 0 Å². The van der Waals surface area contributed by atoms with E-state index >= 15 is 0 Å². The van der Waals surface area contributed by atoms with Crippen molar-refractivity contribution in [1.29, 1.82) is 0 Å². The molecular weight excluding hydrogens is 222 g/mol. The number of carbonyl (C=O) groups is 1. The first-order chi connectivity index (χ1) is 8.04. The molecule has 0 aromatic heterocycles. The van der Waals surface area contributed by atoms with Gasteiger partial charge in [0.25, 0.3) is 0 Å². The van der Waals surface area contributed by atoms with E-state index in [1.165, 1.54) is 0 Å². The van der Waals surface area contributed by atoms with Crippen LogP contribution in [0.4, 0.5) is 10.5 Å². The molecule has 17 heavy (non-hydrogen) atoms. The number of hydrogen-bond acceptors (Lipinski definition) is 4. The van der Waals surface area contributed by atoms with Gasteiger partial charge in [-0.3, -0.25) is 5.32 Å². The molecule has 0 spiro atoms. The number of carbonyl (C=O) groups excluding carboxylic acids is 1. The second kappa shape index (κ2) is 5.74. The van der Waals surface area contributed by atoms with E-state index in [9.17, 15) is 4.79 Å². The Labute approximate surface area is 99.1 Å². The number of benzene rings is 1. The molecule has 1 amide bonds. The molecule has 0 radical (unpaired) electrons. The maximum absolute atomic E-state index is 11.4. The molecule has 6 nitrogen and oxygen atoms in total. The van der Waals surface area contributed by atoms with E-state index in [2.05, 4.69) is 10.5 Å². The molecule has 0 heterocycles. The second-order valence-corrected chi connectivity index (χ2v) is 3.61. The normalized spacial score (nSPS) is 11.4. The summed E-state index contributed by atoms with van der Waals surface area (Å²) in [5.41, 5.74) is 6.33. The number of para-hydroxylation sites is 1. The number of amidine groups is 1. The molecule has 4 N–H and O–H groups in total. The third kappa shape index (κ3) is 3.67. The van der Waals surface area contributed by atoms with Gasteiger partial charge in [0, 0.05) is 5.56 Å². The molecule has 1 aromatic carbocycles. The Morgan fingerprint density at radius 3 is 2.71 bits per heavy atom. The lowest BCUT2D eigenvalue weighted by atomic mass is 10.1. The van der Waals surface area contributed by atoms with Crippen LogP contribution < -0.4 is 11.1 Å². The first-order valence-electron chi connectivity index (χ1n) is 5.09. The average Bonchev–Trinajstić information content (AvgIpc) is 2.27. The summed E-state index contributed by atoms with van der Waals surface area (Å²) in [6, 6.07) is 6.69. The van der Waals surface area contributed by atoms with Gasteiger partial charge in [-0.2, -0.15) is 0 Å². The molecule has 92 valence electrons. The average molecular weight is 237 g/mol. The van der Waals surface area contributed by atoms with E-state index < -0.39 is 6.09 Å². The lowest BCUT2D eigenvalue weighted by molar-refractivity contribution is 0.130. The van der Waals surface area contributed by atoms with Crippen LogP contribution in [0, 0.1) is 0 Å². The van der Waals surface area contributed by atoms with Gasteiger partial charge in [-0.25, -0.2) is 4.79 Å². The maximum Gasteiger partial charge on any atom is 0.411 e. The Bertz CT molecular complexity index is 430. The fraction of sp³-hybridized carbons (Fsp3) is 0.273. The molecule has 0 saturated heterocycles. The first kappa shape index (κ1) is 12.8. The molecule has 1 rings (SSSR count). The molecule has 6 heteroatoms.